The fraction of sp³-hybridized carbons (Fsp3) is 0.290. The highest BCUT2D eigenvalue weighted by molar-refractivity contribution is 7.10. The van der Waals surface area contributed by atoms with E-state index in [9.17, 15) is 9.59 Å². The molecule has 0 amide bonds. The van der Waals surface area contributed by atoms with Crippen LogP contribution in [0.2, 0.25) is 0 Å². The largest absolute Gasteiger partial charge is 0.497 e. The summed E-state index contributed by atoms with van der Waals surface area (Å²) in [5, 5.41) is 5.44. The normalized spacial score (nSPS) is 18.8. The van der Waals surface area contributed by atoms with Crippen LogP contribution >= 0.6 is 11.3 Å². The van der Waals surface area contributed by atoms with Gasteiger partial charge in [0.15, 0.2) is 17.3 Å². The first kappa shape index (κ1) is 26.6. The van der Waals surface area contributed by atoms with Gasteiger partial charge in [0.1, 0.15) is 12.4 Å². The highest BCUT2D eigenvalue weighted by Crippen LogP contribution is 2.47. The van der Waals surface area contributed by atoms with Crippen molar-refractivity contribution in [1.82, 2.24) is 5.32 Å². The van der Waals surface area contributed by atoms with E-state index in [0.29, 0.717) is 41.2 Å². The molecule has 1 N–H and O–H groups in total. The number of rotatable bonds is 8. The number of carbonyl (C=O) groups excluding carboxylic acids is 2. The molecule has 1 aliphatic carbocycles. The molecule has 1 aliphatic heterocycles. The lowest BCUT2D eigenvalue weighted by atomic mass is 9.72. The molecular formula is C31H31NO6S. The van der Waals surface area contributed by atoms with Gasteiger partial charge in [-0.1, -0.05) is 24.3 Å². The third-order valence-corrected chi connectivity index (χ3v) is 8.30. The fourth-order valence-corrected chi connectivity index (χ4v) is 6.18. The van der Waals surface area contributed by atoms with Gasteiger partial charge in [0.05, 0.1) is 26.9 Å². The SMILES string of the molecule is COc1ccc(COC(=O)C2=C(C)NC3=C(C(=O)C[C@H](c4cccs4)C3)[C@H]2c2ccc(OC)c(OC)c2)cc1. The Labute approximate surface area is 232 Å². The number of methoxy groups -OCH3 is 3. The molecular weight excluding hydrogens is 514 g/mol. The third-order valence-electron chi connectivity index (χ3n) is 7.26. The molecule has 2 atom stereocenters. The summed E-state index contributed by atoms with van der Waals surface area (Å²) in [5.41, 5.74) is 4.15. The molecule has 5 rings (SSSR count). The first-order chi connectivity index (χ1) is 18.9. The van der Waals surface area contributed by atoms with Crippen LogP contribution in [-0.4, -0.2) is 33.1 Å². The number of Topliss-reactive ketones (excluding diaryl/α,β-unsaturated/α-hetero) is 1. The first-order valence-electron chi connectivity index (χ1n) is 12.7. The van der Waals surface area contributed by atoms with Crippen LogP contribution < -0.4 is 19.5 Å². The molecule has 8 heteroatoms. The van der Waals surface area contributed by atoms with Crippen LogP contribution in [0.4, 0.5) is 0 Å². The molecule has 2 aromatic carbocycles. The summed E-state index contributed by atoms with van der Waals surface area (Å²) in [5.74, 6) is 0.878. The smallest absolute Gasteiger partial charge is 0.337 e. The third kappa shape index (κ3) is 5.29. The number of hydrogen-bond acceptors (Lipinski definition) is 8. The van der Waals surface area contributed by atoms with Gasteiger partial charge >= 0.3 is 5.97 Å². The number of ketones is 1. The fourth-order valence-electron chi connectivity index (χ4n) is 5.35. The van der Waals surface area contributed by atoms with Gasteiger partial charge < -0.3 is 24.3 Å². The Morgan fingerprint density at radius 2 is 1.74 bits per heavy atom. The van der Waals surface area contributed by atoms with Crippen LogP contribution in [0.5, 0.6) is 17.2 Å². The number of ether oxygens (including phenoxy) is 4. The second-order valence-corrected chi connectivity index (χ2v) is 10.6. The Morgan fingerprint density at radius 3 is 2.41 bits per heavy atom. The summed E-state index contributed by atoms with van der Waals surface area (Å²) in [6.45, 7) is 1.96. The molecule has 7 nitrogen and oxygen atoms in total. The topological polar surface area (TPSA) is 83.1 Å². The highest BCUT2D eigenvalue weighted by atomic mass is 32.1. The van der Waals surface area contributed by atoms with Gasteiger partial charge in [-0.05, 0) is 60.2 Å². The predicted octanol–water partition coefficient (Wildman–Crippen LogP) is 5.88. The molecule has 0 spiro atoms. The lowest BCUT2D eigenvalue weighted by Gasteiger charge is -2.36. The Morgan fingerprint density at radius 1 is 0.974 bits per heavy atom. The van der Waals surface area contributed by atoms with Crippen molar-refractivity contribution in [1.29, 1.82) is 0 Å². The number of dihydropyridines is 1. The molecule has 202 valence electrons. The minimum Gasteiger partial charge on any atom is -0.497 e. The zero-order valence-electron chi connectivity index (χ0n) is 22.4. The maximum Gasteiger partial charge on any atom is 0.337 e. The lowest BCUT2D eigenvalue weighted by Crippen LogP contribution is -2.36. The van der Waals surface area contributed by atoms with Crippen molar-refractivity contribution in [3.05, 3.63) is 98.5 Å². The van der Waals surface area contributed by atoms with Gasteiger partial charge in [-0.3, -0.25) is 4.79 Å². The molecule has 0 saturated heterocycles. The van der Waals surface area contributed by atoms with Crippen molar-refractivity contribution < 1.29 is 28.5 Å². The molecule has 39 heavy (non-hydrogen) atoms. The van der Waals surface area contributed by atoms with Crippen LogP contribution in [0.25, 0.3) is 0 Å². The summed E-state index contributed by atoms with van der Waals surface area (Å²) < 4.78 is 22.0. The standard InChI is InChI=1S/C31H31NO6S/c1-18-28(31(34)38-17-19-7-10-22(35-2)11-8-19)29(20-9-12-25(36-3)26(16-20)37-4)30-23(32-18)14-21(15-24(30)33)27-6-5-13-39-27/h5-13,16,21,29,32H,14-15,17H2,1-4H3/t21-,29+/m1/s1. The van der Waals surface area contributed by atoms with E-state index in [0.717, 1.165) is 22.6 Å². The van der Waals surface area contributed by atoms with E-state index in [4.69, 9.17) is 18.9 Å². The summed E-state index contributed by atoms with van der Waals surface area (Å²) in [6.07, 6.45) is 1.08. The van der Waals surface area contributed by atoms with Crippen molar-refractivity contribution >= 4 is 23.1 Å². The Hall–Kier alpha value is -4.04. The maximum absolute atomic E-state index is 13.8. The Bertz CT molecular complexity index is 1440. The van der Waals surface area contributed by atoms with Gasteiger partial charge in [0, 0.05) is 40.1 Å². The van der Waals surface area contributed by atoms with Crippen molar-refractivity contribution in [3.63, 3.8) is 0 Å². The van der Waals surface area contributed by atoms with Crippen LogP contribution in [0.15, 0.2) is 82.5 Å². The molecule has 0 fully saturated rings. The van der Waals surface area contributed by atoms with Gasteiger partial charge in [-0.25, -0.2) is 4.79 Å². The van der Waals surface area contributed by atoms with E-state index in [1.165, 1.54) is 4.88 Å². The quantitative estimate of drug-likeness (QED) is 0.354. The summed E-state index contributed by atoms with van der Waals surface area (Å²) >= 11 is 1.66. The molecule has 0 bridgehead atoms. The van der Waals surface area contributed by atoms with E-state index < -0.39 is 11.9 Å². The molecule has 3 aromatic rings. The number of benzene rings is 2. The van der Waals surface area contributed by atoms with Crippen molar-refractivity contribution in [2.24, 2.45) is 0 Å². The van der Waals surface area contributed by atoms with Crippen molar-refractivity contribution in [2.75, 3.05) is 21.3 Å². The van der Waals surface area contributed by atoms with Crippen LogP contribution in [-0.2, 0) is 20.9 Å². The molecule has 0 radical (unpaired) electrons. The predicted molar refractivity (Wildman–Crippen MR) is 149 cm³/mol. The second-order valence-electron chi connectivity index (χ2n) is 9.57. The number of thiophene rings is 1. The number of nitrogens with one attached hydrogen (secondary N) is 1. The van der Waals surface area contributed by atoms with Gasteiger partial charge in [0.25, 0.3) is 0 Å². The monoisotopic (exact) mass is 545 g/mol. The molecule has 0 saturated carbocycles. The zero-order valence-corrected chi connectivity index (χ0v) is 23.2. The molecule has 0 unspecified atom stereocenters. The minimum absolute atomic E-state index is 0.0230. The zero-order chi connectivity index (χ0) is 27.5. The maximum atomic E-state index is 13.8. The van der Waals surface area contributed by atoms with Crippen LogP contribution in [0.3, 0.4) is 0 Å². The summed E-state index contributed by atoms with van der Waals surface area (Å²) in [7, 11) is 4.74. The molecule has 2 heterocycles. The summed E-state index contributed by atoms with van der Waals surface area (Å²) in [4.78, 5) is 28.6. The van der Waals surface area contributed by atoms with E-state index >= 15 is 0 Å². The Balaban J connectivity index is 1.52. The van der Waals surface area contributed by atoms with Crippen LogP contribution in [0.1, 0.15) is 47.6 Å². The number of carbonyl (C=O) groups is 2. The average molecular weight is 546 g/mol. The van der Waals surface area contributed by atoms with E-state index in [2.05, 4.69) is 11.4 Å². The second kappa shape index (κ2) is 11.4. The van der Waals surface area contributed by atoms with E-state index in [-0.39, 0.29) is 18.3 Å². The number of hydrogen-bond donors (Lipinski definition) is 1. The van der Waals surface area contributed by atoms with Crippen molar-refractivity contribution in [2.45, 2.75) is 38.2 Å². The Kier molecular flexibility index (Phi) is 7.74. The minimum atomic E-state index is -0.596. The number of allylic oxidation sites excluding steroid dienone is 3. The number of esters is 1. The van der Waals surface area contributed by atoms with Crippen LogP contribution in [0, 0.1) is 0 Å². The van der Waals surface area contributed by atoms with Gasteiger partial charge in [-0.2, -0.15) is 0 Å². The molecule has 1 aromatic heterocycles. The van der Waals surface area contributed by atoms with Gasteiger partial charge in [-0.15, -0.1) is 11.3 Å². The van der Waals surface area contributed by atoms with E-state index in [1.54, 1.807) is 38.7 Å². The summed E-state index contributed by atoms with van der Waals surface area (Å²) in [6, 6.07) is 17.0. The highest BCUT2D eigenvalue weighted by Gasteiger charge is 2.42. The first-order valence-corrected chi connectivity index (χ1v) is 13.6. The van der Waals surface area contributed by atoms with Crippen molar-refractivity contribution in [3.8, 4) is 17.2 Å². The lowest BCUT2D eigenvalue weighted by molar-refractivity contribution is -0.140. The average Bonchev–Trinajstić information content (AvgIpc) is 3.50. The van der Waals surface area contributed by atoms with Gasteiger partial charge in [0.2, 0.25) is 0 Å². The molecule has 2 aliphatic rings. The van der Waals surface area contributed by atoms with E-state index in [1.807, 2.05) is 54.8 Å².